The highest BCUT2D eigenvalue weighted by atomic mass is 16.7. The summed E-state index contributed by atoms with van der Waals surface area (Å²) in [5, 5.41) is 9.54. The molecule has 0 amide bonds. The molecule has 1 aromatic heterocycles. The van der Waals surface area contributed by atoms with Crippen LogP contribution in [0.1, 0.15) is 33.3 Å². The average Bonchev–Trinajstić information content (AvgIpc) is 2.57. The molecule has 0 aliphatic carbocycles. The largest absolute Gasteiger partial charge is 0.492 e. The number of pyridine rings is 1. The number of aliphatic hydroxyl groups excluding tert-OH is 1. The van der Waals surface area contributed by atoms with Crippen LogP contribution < -0.4 is 5.43 Å². The van der Waals surface area contributed by atoms with E-state index >= 15 is 0 Å². The van der Waals surface area contributed by atoms with Gasteiger partial charge >= 0.3 is 7.12 Å². The van der Waals surface area contributed by atoms with Gasteiger partial charge in [-0.05, 0) is 33.2 Å². The van der Waals surface area contributed by atoms with Gasteiger partial charge in [0.2, 0.25) is 0 Å². The van der Waals surface area contributed by atoms with Crippen molar-refractivity contribution in [3.63, 3.8) is 0 Å². The second-order valence-corrected chi connectivity index (χ2v) is 5.93. The third-order valence-corrected chi connectivity index (χ3v) is 3.93. The molecule has 0 saturated carbocycles. The van der Waals surface area contributed by atoms with Crippen LogP contribution in [0, 0.1) is 0 Å². The Kier molecular flexibility index (Phi) is 3.91. The van der Waals surface area contributed by atoms with Gasteiger partial charge in [-0.15, -0.1) is 0 Å². The fraction of sp³-hybridized carbons (Fsp3) is 0.500. The van der Waals surface area contributed by atoms with Crippen LogP contribution in [0.4, 0.5) is 0 Å². The normalized spacial score (nSPS) is 21.2. The lowest BCUT2D eigenvalue weighted by Gasteiger charge is -2.32. The van der Waals surface area contributed by atoms with Crippen molar-refractivity contribution in [1.29, 1.82) is 0 Å². The Labute approximate surface area is 118 Å². The van der Waals surface area contributed by atoms with Gasteiger partial charge in [0.05, 0.1) is 17.8 Å². The molecule has 1 aliphatic rings. The quantitative estimate of drug-likeness (QED) is 0.819. The maximum atomic E-state index is 11.7. The molecule has 0 aromatic carbocycles. The third kappa shape index (κ3) is 2.72. The Hall–Kier alpha value is -1.37. The summed E-state index contributed by atoms with van der Waals surface area (Å²) in [5.74, 6) is 0. The molecule has 1 saturated heterocycles. The highest BCUT2D eigenvalue weighted by Gasteiger charge is 2.52. The van der Waals surface area contributed by atoms with Gasteiger partial charge in [-0.25, -0.2) is 0 Å². The molecule has 0 spiro atoms. The zero-order valence-electron chi connectivity index (χ0n) is 12.3. The highest BCUT2D eigenvalue weighted by molar-refractivity contribution is 6.55. The zero-order chi connectivity index (χ0) is 15.0. The van der Waals surface area contributed by atoms with Gasteiger partial charge in [-0.2, -0.15) is 0 Å². The van der Waals surface area contributed by atoms with Crippen molar-refractivity contribution in [1.82, 2.24) is 4.98 Å². The number of aliphatic hydroxyl groups is 1. The first-order valence-electron chi connectivity index (χ1n) is 6.61. The molecule has 1 aromatic rings. The Morgan fingerprint density at radius 1 is 1.35 bits per heavy atom. The molecule has 6 heteroatoms. The zero-order valence-corrected chi connectivity index (χ0v) is 12.3. The summed E-state index contributed by atoms with van der Waals surface area (Å²) < 4.78 is 11.7. The third-order valence-electron chi connectivity index (χ3n) is 3.93. The first-order valence-corrected chi connectivity index (χ1v) is 6.61. The Balaban J connectivity index is 2.32. The number of H-pyrrole nitrogens is 1. The summed E-state index contributed by atoms with van der Waals surface area (Å²) in [5.41, 5.74) is -0.0813. The van der Waals surface area contributed by atoms with Crippen molar-refractivity contribution in [2.24, 2.45) is 0 Å². The molecule has 5 nitrogen and oxygen atoms in total. The first-order chi connectivity index (χ1) is 9.27. The van der Waals surface area contributed by atoms with Gasteiger partial charge in [-0.3, -0.25) is 4.79 Å². The van der Waals surface area contributed by atoms with Crippen LogP contribution in [0.3, 0.4) is 0 Å². The number of rotatable bonds is 3. The first kappa shape index (κ1) is 15.0. The Morgan fingerprint density at radius 3 is 2.45 bits per heavy atom. The number of hydrogen-bond acceptors (Lipinski definition) is 4. The second kappa shape index (κ2) is 5.20. The fourth-order valence-corrected chi connectivity index (χ4v) is 1.92. The molecule has 0 unspecified atom stereocenters. The summed E-state index contributed by atoms with van der Waals surface area (Å²) in [4.78, 5) is 14.6. The van der Waals surface area contributed by atoms with E-state index in [0.717, 1.165) is 0 Å². The lowest BCUT2D eigenvalue weighted by molar-refractivity contribution is 0.00578. The molecule has 20 heavy (non-hydrogen) atoms. The molecule has 1 aliphatic heterocycles. The number of aromatic amines is 1. The van der Waals surface area contributed by atoms with Crippen LogP contribution in [0.2, 0.25) is 0 Å². The Morgan fingerprint density at radius 2 is 1.95 bits per heavy atom. The van der Waals surface area contributed by atoms with E-state index in [1.54, 1.807) is 18.5 Å². The van der Waals surface area contributed by atoms with Crippen molar-refractivity contribution in [3.05, 3.63) is 39.7 Å². The summed E-state index contributed by atoms with van der Waals surface area (Å²) in [6.07, 6.45) is 4.76. The molecule has 0 atom stereocenters. The highest BCUT2D eigenvalue weighted by Crippen LogP contribution is 2.38. The Bertz CT molecular complexity index is 561. The molecular weight excluding hydrogens is 257 g/mol. The lowest BCUT2D eigenvalue weighted by Crippen LogP contribution is -2.41. The van der Waals surface area contributed by atoms with Gasteiger partial charge in [0, 0.05) is 24.0 Å². The van der Waals surface area contributed by atoms with E-state index in [1.807, 2.05) is 27.7 Å². The summed E-state index contributed by atoms with van der Waals surface area (Å²) in [6, 6.07) is 1.44. The van der Waals surface area contributed by atoms with E-state index in [1.165, 1.54) is 6.07 Å². The van der Waals surface area contributed by atoms with E-state index in [-0.39, 0.29) is 12.0 Å². The van der Waals surface area contributed by atoms with Gasteiger partial charge < -0.3 is 19.4 Å². The van der Waals surface area contributed by atoms with Gasteiger partial charge in [0.15, 0.2) is 5.43 Å². The van der Waals surface area contributed by atoms with E-state index in [2.05, 4.69) is 4.98 Å². The van der Waals surface area contributed by atoms with Crippen molar-refractivity contribution < 1.29 is 14.4 Å². The minimum atomic E-state index is -0.649. The summed E-state index contributed by atoms with van der Waals surface area (Å²) >= 11 is 0. The van der Waals surface area contributed by atoms with Crippen LogP contribution >= 0.6 is 0 Å². The molecular formula is C14H20BNO4. The minimum absolute atomic E-state index is 0.119. The smallest absolute Gasteiger partial charge is 0.400 e. The topological polar surface area (TPSA) is 71.6 Å². The SMILES string of the molecule is CC1(C)OB(C(=Cc2c[nH]ccc2=O)CO)OC1(C)C. The van der Waals surface area contributed by atoms with Gasteiger partial charge in [-0.1, -0.05) is 6.08 Å². The predicted molar refractivity (Wildman–Crippen MR) is 78.2 cm³/mol. The molecule has 108 valence electrons. The van der Waals surface area contributed by atoms with Crippen molar-refractivity contribution in [2.75, 3.05) is 6.61 Å². The van der Waals surface area contributed by atoms with E-state index in [9.17, 15) is 9.90 Å². The van der Waals surface area contributed by atoms with Crippen molar-refractivity contribution in [2.45, 2.75) is 38.9 Å². The van der Waals surface area contributed by atoms with Crippen LogP contribution in [0.25, 0.3) is 6.08 Å². The average molecular weight is 277 g/mol. The lowest BCUT2D eigenvalue weighted by atomic mass is 9.77. The van der Waals surface area contributed by atoms with Crippen LogP contribution in [-0.4, -0.2) is 35.0 Å². The fourth-order valence-electron chi connectivity index (χ4n) is 1.92. The monoisotopic (exact) mass is 277 g/mol. The predicted octanol–water partition coefficient (Wildman–Crippen LogP) is 1.38. The summed E-state index contributed by atoms with van der Waals surface area (Å²) in [6.45, 7) is 7.54. The van der Waals surface area contributed by atoms with E-state index < -0.39 is 18.3 Å². The molecule has 0 bridgehead atoms. The molecule has 1 fully saturated rings. The van der Waals surface area contributed by atoms with E-state index in [4.69, 9.17) is 9.31 Å². The van der Waals surface area contributed by atoms with Crippen LogP contribution in [0.5, 0.6) is 0 Å². The second-order valence-electron chi connectivity index (χ2n) is 5.93. The summed E-state index contributed by atoms with van der Waals surface area (Å²) in [7, 11) is -0.649. The maximum absolute atomic E-state index is 11.7. The van der Waals surface area contributed by atoms with Crippen molar-refractivity contribution >= 4 is 13.2 Å². The number of aromatic nitrogens is 1. The number of hydrogen-bond donors (Lipinski definition) is 2. The van der Waals surface area contributed by atoms with Crippen LogP contribution in [0.15, 0.2) is 28.7 Å². The van der Waals surface area contributed by atoms with Gasteiger partial charge in [0.25, 0.3) is 0 Å². The van der Waals surface area contributed by atoms with Crippen molar-refractivity contribution in [3.8, 4) is 0 Å². The van der Waals surface area contributed by atoms with Gasteiger partial charge in [0.1, 0.15) is 0 Å². The number of nitrogens with one attached hydrogen (secondary N) is 1. The minimum Gasteiger partial charge on any atom is -0.400 e. The standard InChI is InChI=1S/C14H20BNO4/c1-13(2)14(3,4)20-15(19-13)11(9-17)7-10-8-16-6-5-12(10)18/h5-8,17H,9H2,1-4H3,(H,16,18). The molecule has 0 radical (unpaired) electrons. The maximum Gasteiger partial charge on any atom is 0.492 e. The van der Waals surface area contributed by atoms with Crippen LogP contribution in [-0.2, 0) is 9.31 Å². The molecule has 2 rings (SSSR count). The molecule has 2 N–H and O–H groups in total. The van der Waals surface area contributed by atoms with E-state index in [0.29, 0.717) is 11.0 Å². The molecule has 2 heterocycles.